The maximum absolute atomic E-state index is 12.3. The molecular weight excluding hydrogens is 304 g/mol. The Kier molecular flexibility index (Phi) is 3.68. The molecule has 0 aliphatic carbocycles. The van der Waals surface area contributed by atoms with E-state index in [9.17, 15) is 13.2 Å². The van der Waals surface area contributed by atoms with Crippen LogP contribution in [-0.2, 0) is 21.1 Å². The Bertz CT molecular complexity index is 825. The van der Waals surface area contributed by atoms with Crippen LogP contribution in [0.3, 0.4) is 0 Å². The first-order chi connectivity index (χ1) is 10.3. The quantitative estimate of drug-likeness (QED) is 0.851. The molecule has 2 aromatic rings. The molecule has 1 saturated heterocycles. The van der Waals surface area contributed by atoms with Crippen molar-refractivity contribution in [1.82, 2.24) is 9.88 Å². The second-order valence-corrected chi connectivity index (χ2v) is 8.00. The molecule has 0 radical (unpaired) electrons. The van der Waals surface area contributed by atoms with Crippen molar-refractivity contribution >= 4 is 26.8 Å². The lowest BCUT2D eigenvalue weighted by molar-refractivity contribution is -0.130. The minimum atomic E-state index is -2.99. The number of rotatable bonds is 3. The van der Waals surface area contributed by atoms with Gasteiger partial charge >= 0.3 is 0 Å². The molecule has 7 heteroatoms. The average molecular weight is 322 g/mol. The Morgan fingerprint density at radius 2 is 2.23 bits per heavy atom. The summed E-state index contributed by atoms with van der Waals surface area (Å²) in [7, 11) is -1.32. The van der Waals surface area contributed by atoms with Gasteiger partial charge in [0.15, 0.2) is 21.3 Å². The summed E-state index contributed by atoms with van der Waals surface area (Å²) in [5.74, 6) is 0.740. The van der Waals surface area contributed by atoms with Crippen molar-refractivity contribution in [3.63, 3.8) is 0 Å². The lowest BCUT2D eigenvalue weighted by Crippen LogP contribution is -2.38. The number of amides is 1. The predicted molar refractivity (Wildman–Crippen MR) is 82.3 cm³/mol. The molecule has 0 N–H and O–H groups in total. The molecule has 1 aromatic heterocycles. The van der Waals surface area contributed by atoms with Gasteiger partial charge in [0.05, 0.1) is 17.9 Å². The van der Waals surface area contributed by atoms with E-state index in [2.05, 4.69) is 4.98 Å². The predicted octanol–water partition coefficient (Wildman–Crippen LogP) is 1.32. The normalized spacial score (nSPS) is 20.4. The molecule has 1 aromatic carbocycles. The van der Waals surface area contributed by atoms with Crippen LogP contribution in [0.15, 0.2) is 22.6 Å². The van der Waals surface area contributed by atoms with Crippen LogP contribution < -0.4 is 0 Å². The highest BCUT2D eigenvalue weighted by Crippen LogP contribution is 2.20. The van der Waals surface area contributed by atoms with Crippen molar-refractivity contribution in [3.05, 3.63) is 29.7 Å². The van der Waals surface area contributed by atoms with Gasteiger partial charge in [-0.3, -0.25) is 4.79 Å². The zero-order valence-electron chi connectivity index (χ0n) is 12.6. The number of benzene rings is 1. The van der Waals surface area contributed by atoms with Crippen LogP contribution in [0.2, 0.25) is 0 Å². The van der Waals surface area contributed by atoms with E-state index < -0.39 is 9.84 Å². The summed E-state index contributed by atoms with van der Waals surface area (Å²) >= 11 is 0. The maximum atomic E-state index is 12.3. The van der Waals surface area contributed by atoms with E-state index in [1.807, 2.05) is 12.1 Å². The summed E-state index contributed by atoms with van der Waals surface area (Å²) < 4.78 is 28.4. The Balaban J connectivity index is 1.72. The zero-order valence-corrected chi connectivity index (χ0v) is 13.4. The van der Waals surface area contributed by atoms with Gasteiger partial charge in [0.1, 0.15) is 5.52 Å². The van der Waals surface area contributed by atoms with Crippen LogP contribution in [0, 0.1) is 6.92 Å². The molecule has 1 unspecified atom stereocenters. The van der Waals surface area contributed by atoms with Gasteiger partial charge in [0.2, 0.25) is 5.91 Å². The number of carbonyl (C=O) groups excluding carboxylic acids is 1. The van der Waals surface area contributed by atoms with E-state index >= 15 is 0 Å². The summed E-state index contributed by atoms with van der Waals surface area (Å²) in [5, 5.41) is 0. The summed E-state index contributed by atoms with van der Waals surface area (Å²) in [6, 6.07) is 5.26. The number of fused-ring (bicyclic) bond motifs is 1. The van der Waals surface area contributed by atoms with Crippen molar-refractivity contribution in [2.75, 3.05) is 18.6 Å². The molecule has 1 fully saturated rings. The number of sulfone groups is 1. The first kappa shape index (κ1) is 15.0. The molecule has 1 aliphatic rings. The fourth-order valence-electron chi connectivity index (χ4n) is 2.78. The lowest BCUT2D eigenvalue weighted by Gasteiger charge is -2.23. The third-order valence-corrected chi connectivity index (χ3v) is 5.81. The number of hydrogen-bond donors (Lipinski definition) is 0. The largest absolute Gasteiger partial charge is 0.441 e. The third kappa shape index (κ3) is 2.99. The van der Waals surface area contributed by atoms with Crippen LogP contribution >= 0.6 is 0 Å². The number of likely N-dealkylation sites (N-methyl/N-ethyl adjacent to an activating group) is 1. The molecule has 0 saturated carbocycles. The molecule has 3 rings (SSSR count). The van der Waals surface area contributed by atoms with Crippen LogP contribution in [-0.4, -0.2) is 48.8 Å². The average Bonchev–Trinajstić information content (AvgIpc) is 2.98. The lowest BCUT2D eigenvalue weighted by atomic mass is 10.1. The number of aryl methyl sites for hydroxylation is 1. The van der Waals surface area contributed by atoms with Gasteiger partial charge in [-0.15, -0.1) is 0 Å². The molecule has 118 valence electrons. The maximum Gasteiger partial charge on any atom is 0.227 e. The SMILES string of the molecule is Cc1nc2cc(CC(=O)N(C)C3CCS(=O)(=O)C3)ccc2o1. The Hall–Kier alpha value is -1.89. The highest BCUT2D eigenvalue weighted by molar-refractivity contribution is 7.91. The van der Waals surface area contributed by atoms with E-state index in [-0.39, 0.29) is 29.9 Å². The molecule has 22 heavy (non-hydrogen) atoms. The summed E-state index contributed by atoms with van der Waals surface area (Å²) in [6.07, 6.45) is 0.751. The van der Waals surface area contributed by atoms with Crippen molar-refractivity contribution in [2.24, 2.45) is 0 Å². The molecule has 0 bridgehead atoms. The van der Waals surface area contributed by atoms with Crippen molar-refractivity contribution in [2.45, 2.75) is 25.8 Å². The highest BCUT2D eigenvalue weighted by atomic mass is 32.2. The number of nitrogens with zero attached hydrogens (tertiary/aromatic N) is 2. The van der Waals surface area contributed by atoms with E-state index in [0.29, 0.717) is 17.9 Å². The fraction of sp³-hybridized carbons (Fsp3) is 0.467. The molecule has 1 atom stereocenters. The number of oxazole rings is 1. The monoisotopic (exact) mass is 322 g/mol. The second kappa shape index (κ2) is 5.39. The van der Waals surface area contributed by atoms with Gasteiger partial charge < -0.3 is 9.32 Å². The van der Waals surface area contributed by atoms with Gasteiger partial charge in [-0.25, -0.2) is 13.4 Å². The van der Waals surface area contributed by atoms with Crippen molar-refractivity contribution < 1.29 is 17.6 Å². The van der Waals surface area contributed by atoms with Crippen molar-refractivity contribution in [1.29, 1.82) is 0 Å². The number of carbonyl (C=O) groups is 1. The molecule has 6 nitrogen and oxygen atoms in total. The molecule has 0 spiro atoms. The van der Waals surface area contributed by atoms with Crippen LogP contribution in [0.1, 0.15) is 17.9 Å². The van der Waals surface area contributed by atoms with E-state index in [1.165, 1.54) is 0 Å². The summed E-state index contributed by atoms with van der Waals surface area (Å²) in [6.45, 7) is 1.78. The standard InChI is InChI=1S/C15H18N2O4S/c1-10-16-13-7-11(3-4-14(13)21-10)8-15(18)17(2)12-5-6-22(19,20)9-12/h3-4,7,12H,5-6,8-9H2,1-2H3. The van der Waals surface area contributed by atoms with Gasteiger partial charge in [-0.05, 0) is 24.1 Å². The summed E-state index contributed by atoms with van der Waals surface area (Å²) in [4.78, 5) is 18.1. The fourth-order valence-corrected chi connectivity index (χ4v) is 4.56. The number of aromatic nitrogens is 1. The third-order valence-electron chi connectivity index (χ3n) is 4.06. The highest BCUT2D eigenvalue weighted by Gasteiger charge is 2.32. The Morgan fingerprint density at radius 3 is 2.91 bits per heavy atom. The van der Waals surface area contributed by atoms with E-state index in [4.69, 9.17) is 4.42 Å². The van der Waals surface area contributed by atoms with Crippen LogP contribution in [0.25, 0.3) is 11.1 Å². The second-order valence-electron chi connectivity index (χ2n) is 5.77. The van der Waals surface area contributed by atoms with Crippen molar-refractivity contribution in [3.8, 4) is 0 Å². The van der Waals surface area contributed by atoms with Gasteiger partial charge in [-0.2, -0.15) is 0 Å². The first-order valence-electron chi connectivity index (χ1n) is 7.16. The summed E-state index contributed by atoms with van der Waals surface area (Å²) in [5.41, 5.74) is 2.27. The van der Waals surface area contributed by atoms with Gasteiger partial charge in [0, 0.05) is 20.0 Å². The zero-order chi connectivity index (χ0) is 15.9. The Labute approximate surface area is 129 Å². The van der Waals surface area contributed by atoms with Crippen LogP contribution in [0.5, 0.6) is 0 Å². The topological polar surface area (TPSA) is 80.5 Å². The molecular formula is C15H18N2O4S. The van der Waals surface area contributed by atoms with E-state index in [0.717, 1.165) is 11.1 Å². The van der Waals surface area contributed by atoms with Gasteiger partial charge in [0.25, 0.3) is 0 Å². The Morgan fingerprint density at radius 1 is 1.45 bits per heavy atom. The minimum Gasteiger partial charge on any atom is -0.441 e. The first-order valence-corrected chi connectivity index (χ1v) is 8.98. The molecule has 2 heterocycles. The molecule has 1 amide bonds. The smallest absolute Gasteiger partial charge is 0.227 e. The number of hydrogen-bond acceptors (Lipinski definition) is 5. The minimum absolute atomic E-state index is 0.0662. The van der Waals surface area contributed by atoms with Crippen LogP contribution in [0.4, 0.5) is 0 Å². The van der Waals surface area contributed by atoms with Gasteiger partial charge in [-0.1, -0.05) is 6.07 Å². The molecule has 1 aliphatic heterocycles. The van der Waals surface area contributed by atoms with E-state index in [1.54, 1.807) is 24.9 Å².